The average Bonchev–Trinajstić information content (AvgIpc) is 1.55. The third kappa shape index (κ3) is 9.83. The van der Waals surface area contributed by atoms with Gasteiger partial charge in [-0.15, -0.1) is 0 Å². The molecule has 6 heteroatoms. The van der Waals surface area contributed by atoms with Crippen molar-refractivity contribution in [2.45, 2.75) is 0 Å². The van der Waals surface area contributed by atoms with Gasteiger partial charge in [0.2, 0.25) is 0 Å². The summed E-state index contributed by atoms with van der Waals surface area (Å²) in [4.78, 5) is 4.77. The molecule has 0 saturated carbocycles. The van der Waals surface area contributed by atoms with E-state index in [4.69, 9.17) is 17.7 Å². The van der Waals surface area contributed by atoms with E-state index in [1.807, 2.05) is 6.07 Å². The maximum Gasteiger partial charge on any atom is 0.159 e. The molecular formula is C104H62N2O4. The highest BCUT2D eigenvalue weighted by atomic mass is 16.3. The molecule has 0 saturated heterocycles. The number of furan rings is 4. The molecule has 23 aromatic rings. The molecule has 0 aliphatic carbocycles. The van der Waals surface area contributed by atoms with Gasteiger partial charge < -0.3 is 27.5 Å². The summed E-state index contributed by atoms with van der Waals surface area (Å²) in [5.41, 5.74) is 23.1. The van der Waals surface area contributed by atoms with Gasteiger partial charge in [0.05, 0.1) is 22.7 Å². The Morgan fingerprint density at radius 1 is 0.155 bits per heavy atom. The highest BCUT2D eigenvalue weighted by molar-refractivity contribution is 6.19. The fourth-order valence-corrected chi connectivity index (χ4v) is 17.5. The second kappa shape index (κ2) is 24.4. The second-order valence-electron chi connectivity index (χ2n) is 29.0. The molecule has 0 bridgehead atoms. The smallest absolute Gasteiger partial charge is 0.159 e. The van der Waals surface area contributed by atoms with Crippen molar-refractivity contribution < 1.29 is 17.7 Å². The van der Waals surface area contributed by atoms with Crippen LogP contribution in [0.25, 0.3) is 197 Å². The molecule has 19 aromatic carbocycles. The molecule has 512 valence electrons. The largest absolute Gasteiger partial charge is 0.455 e. The van der Waals surface area contributed by atoms with Crippen LogP contribution in [0.3, 0.4) is 0 Å². The first kappa shape index (κ1) is 61.6. The normalized spacial score (nSPS) is 12.0. The van der Waals surface area contributed by atoms with Gasteiger partial charge >= 0.3 is 0 Å². The Morgan fingerprint density at radius 3 is 1.27 bits per heavy atom. The number of nitrogens with zero attached hydrogens (tertiary/aromatic N) is 2. The molecule has 0 unspecified atom stereocenters. The Balaban J connectivity index is 0.701. The number of anilines is 6. The first-order valence-corrected chi connectivity index (χ1v) is 37.5. The number of hydrogen-bond donors (Lipinski definition) is 0. The zero-order valence-corrected chi connectivity index (χ0v) is 59.3. The predicted octanol–water partition coefficient (Wildman–Crippen LogP) is 30.3. The lowest BCUT2D eigenvalue weighted by Gasteiger charge is -2.28. The Morgan fingerprint density at radius 2 is 0.555 bits per heavy atom. The van der Waals surface area contributed by atoms with Crippen molar-refractivity contribution in [2.24, 2.45) is 0 Å². The van der Waals surface area contributed by atoms with Crippen LogP contribution in [0.2, 0.25) is 0 Å². The van der Waals surface area contributed by atoms with E-state index in [1.54, 1.807) is 0 Å². The van der Waals surface area contributed by atoms with E-state index in [1.165, 1.54) is 32.3 Å². The first-order chi connectivity index (χ1) is 54.5. The highest BCUT2D eigenvalue weighted by Crippen LogP contribution is 2.51. The fourth-order valence-electron chi connectivity index (χ4n) is 17.5. The number of fused-ring (bicyclic) bond motifs is 20. The minimum atomic E-state index is 0.772. The molecule has 23 rings (SSSR count). The number of para-hydroxylation sites is 4. The molecule has 0 N–H and O–H groups in total. The lowest BCUT2D eigenvalue weighted by Crippen LogP contribution is -2.11. The lowest BCUT2D eigenvalue weighted by molar-refractivity contribution is 0.669. The predicted molar refractivity (Wildman–Crippen MR) is 460 cm³/mol. The van der Waals surface area contributed by atoms with Crippen LogP contribution in [0.4, 0.5) is 34.1 Å². The summed E-state index contributed by atoms with van der Waals surface area (Å²) in [6.07, 6.45) is 0. The average molecular weight is 1400 g/mol. The molecule has 0 amide bonds. The summed E-state index contributed by atoms with van der Waals surface area (Å²) in [6, 6.07) is 136. The summed E-state index contributed by atoms with van der Waals surface area (Å²) in [5.74, 6) is 0. The lowest BCUT2D eigenvalue weighted by atomic mass is 9.94. The van der Waals surface area contributed by atoms with Crippen LogP contribution in [0.15, 0.2) is 394 Å². The SMILES string of the molecule is c1cc(-c2ccc3ccccc3c2)cc(N(c2ccccc2-c2ccc3oc4c5ccccc5ccc4c3c2)c2cccc3c2oc2cc(-c4ccc(N(c5ccc(-c6ccc7c(ccc8ccccc87)c6)cc5)c5cccc6c5oc5ccccc56)c(-c5ccc6oc7c8ccccc8ccc7c6c5)c4)ccc23)c1. The van der Waals surface area contributed by atoms with Crippen LogP contribution in [-0.4, -0.2) is 0 Å². The van der Waals surface area contributed by atoms with Gasteiger partial charge in [0.1, 0.15) is 33.5 Å². The van der Waals surface area contributed by atoms with E-state index in [9.17, 15) is 0 Å². The fraction of sp³-hybridized carbons (Fsp3) is 0. The van der Waals surface area contributed by atoms with Crippen molar-refractivity contribution in [3.05, 3.63) is 376 Å². The maximum atomic E-state index is 7.47. The van der Waals surface area contributed by atoms with Gasteiger partial charge in [-0.3, -0.25) is 0 Å². The zero-order valence-electron chi connectivity index (χ0n) is 59.3. The van der Waals surface area contributed by atoms with Crippen LogP contribution < -0.4 is 9.80 Å². The van der Waals surface area contributed by atoms with Crippen molar-refractivity contribution in [1.82, 2.24) is 0 Å². The second-order valence-corrected chi connectivity index (χ2v) is 29.0. The number of rotatable bonds is 11. The van der Waals surface area contributed by atoms with E-state index in [0.717, 1.165) is 199 Å². The van der Waals surface area contributed by atoms with Gasteiger partial charge in [0, 0.05) is 76.4 Å². The quantitative estimate of drug-likeness (QED) is 0.120. The van der Waals surface area contributed by atoms with Gasteiger partial charge in [-0.2, -0.15) is 0 Å². The zero-order chi connectivity index (χ0) is 72.1. The molecule has 0 spiro atoms. The van der Waals surface area contributed by atoms with Gasteiger partial charge in [-0.05, 0) is 209 Å². The molecule has 0 aliphatic rings. The molecule has 4 heterocycles. The molecule has 0 aliphatic heterocycles. The van der Waals surface area contributed by atoms with Crippen LogP contribution in [0.1, 0.15) is 0 Å². The Labute approximate surface area is 631 Å². The summed E-state index contributed by atoms with van der Waals surface area (Å²) >= 11 is 0. The van der Waals surface area contributed by atoms with E-state index in [0.29, 0.717) is 0 Å². The van der Waals surface area contributed by atoms with Gasteiger partial charge in [0.15, 0.2) is 11.2 Å². The minimum Gasteiger partial charge on any atom is -0.455 e. The number of hydrogen-bond acceptors (Lipinski definition) is 6. The maximum absolute atomic E-state index is 7.47. The van der Waals surface area contributed by atoms with Crippen molar-refractivity contribution >= 4 is 176 Å². The summed E-state index contributed by atoms with van der Waals surface area (Å²) in [7, 11) is 0. The van der Waals surface area contributed by atoms with E-state index < -0.39 is 0 Å². The van der Waals surface area contributed by atoms with Crippen LogP contribution in [0.5, 0.6) is 0 Å². The molecule has 110 heavy (non-hydrogen) atoms. The molecule has 0 atom stereocenters. The molecule has 0 radical (unpaired) electrons. The van der Waals surface area contributed by atoms with Crippen molar-refractivity contribution in [3.63, 3.8) is 0 Å². The van der Waals surface area contributed by atoms with Gasteiger partial charge in [-0.25, -0.2) is 0 Å². The summed E-state index contributed by atoms with van der Waals surface area (Å²) in [5, 5.41) is 20.2. The first-order valence-electron chi connectivity index (χ1n) is 37.5. The van der Waals surface area contributed by atoms with Gasteiger partial charge in [0.25, 0.3) is 0 Å². The Bertz CT molecular complexity index is 7760. The Hall–Kier alpha value is -14.7. The molecule has 0 fully saturated rings. The van der Waals surface area contributed by atoms with E-state index in [-0.39, 0.29) is 0 Å². The number of benzene rings is 19. The highest BCUT2D eigenvalue weighted by Gasteiger charge is 2.27. The summed E-state index contributed by atoms with van der Waals surface area (Å²) in [6.45, 7) is 0. The van der Waals surface area contributed by atoms with E-state index in [2.05, 4.69) is 380 Å². The monoisotopic (exact) mass is 1400 g/mol. The molecule has 4 aromatic heterocycles. The molecular weight excluding hydrogens is 1340 g/mol. The third-order valence-corrected chi connectivity index (χ3v) is 22.8. The topological polar surface area (TPSA) is 59.0 Å². The van der Waals surface area contributed by atoms with Crippen molar-refractivity contribution in [1.29, 1.82) is 0 Å². The standard InChI is InChI=1S/C104H62N2O4/c1-2-20-68-56-71(36-34-63(68)16-1)69-21-13-22-78(58-69)106(93-30-11-9-24-81(93)75-45-54-98-91(60-75)88-51-40-66-18-4-7-25-82(66)101(88)107-98)96-32-15-29-87-85-50-43-73(62-100(85)110-104(87)96)72-44-53-94(90(59-72)76-46-55-99-92(61-76)89-52-41-67-19-5-8-26-83(67)102(89)108-99)105(95-31-14-28-86-84-27-10-12-33-97(84)109-103(86)95)77-47-38-64(39-48-77)70-42-49-80-74(57-70)37-35-65-17-3-6-23-79(65)80/h1-62H. The third-order valence-electron chi connectivity index (χ3n) is 22.8. The molecule has 6 nitrogen and oxygen atoms in total. The van der Waals surface area contributed by atoms with Crippen LogP contribution >= 0.6 is 0 Å². The van der Waals surface area contributed by atoms with Gasteiger partial charge in [-0.1, -0.05) is 255 Å². The minimum absolute atomic E-state index is 0.772. The van der Waals surface area contributed by atoms with Crippen LogP contribution in [0, 0.1) is 0 Å². The van der Waals surface area contributed by atoms with Crippen molar-refractivity contribution in [3.8, 4) is 55.6 Å². The Kier molecular flexibility index (Phi) is 13.7. The summed E-state index contributed by atoms with van der Waals surface area (Å²) < 4.78 is 28.0. The van der Waals surface area contributed by atoms with Crippen LogP contribution in [-0.2, 0) is 0 Å². The van der Waals surface area contributed by atoms with E-state index >= 15 is 0 Å². The van der Waals surface area contributed by atoms with Crippen molar-refractivity contribution in [2.75, 3.05) is 9.80 Å².